The molecule has 1 aromatic heterocycles. The van der Waals surface area contributed by atoms with Crippen LogP contribution in [-0.2, 0) is 32.4 Å². The normalized spacial score (nSPS) is 17.2. The van der Waals surface area contributed by atoms with Gasteiger partial charge >= 0.3 is 5.97 Å². The monoisotopic (exact) mass is 627 g/mol. The molecule has 1 aliphatic heterocycles. The van der Waals surface area contributed by atoms with Crippen molar-refractivity contribution in [1.82, 2.24) is 14.2 Å². The Morgan fingerprint density at radius 1 is 1.04 bits per heavy atom. The molecule has 45 heavy (non-hydrogen) atoms. The van der Waals surface area contributed by atoms with E-state index in [-0.39, 0.29) is 10.9 Å². The van der Waals surface area contributed by atoms with E-state index in [1.807, 2.05) is 42.6 Å². The third-order valence-electron chi connectivity index (χ3n) is 9.01. The van der Waals surface area contributed by atoms with E-state index < -0.39 is 16.0 Å². The number of hydrogen-bond donors (Lipinski definition) is 1. The number of nitrogens with zero attached hydrogens (tertiary/aromatic N) is 2. The molecule has 0 bridgehead atoms. The van der Waals surface area contributed by atoms with Crippen LogP contribution in [0.4, 0.5) is 0 Å². The summed E-state index contributed by atoms with van der Waals surface area (Å²) < 4.78 is 41.1. The summed E-state index contributed by atoms with van der Waals surface area (Å²) in [4.78, 5) is 17.6. The first-order valence-electron chi connectivity index (χ1n) is 15.8. The number of methoxy groups -OCH3 is 1. The fourth-order valence-electron chi connectivity index (χ4n) is 6.58. The van der Waals surface area contributed by atoms with E-state index >= 15 is 0 Å². The lowest BCUT2D eigenvalue weighted by atomic mass is 10.0. The van der Waals surface area contributed by atoms with E-state index in [4.69, 9.17) is 9.47 Å². The molecular formula is C36H41N3O5S. The fourth-order valence-corrected chi connectivity index (χ4v) is 8.22. The number of H-pyrrole nitrogens is 1. The number of para-hydroxylation sites is 1. The Kier molecular flexibility index (Phi) is 9.68. The van der Waals surface area contributed by atoms with Crippen LogP contribution in [0, 0.1) is 0 Å². The maximum atomic E-state index is 14.4. The molecule has 1 aliphatic carbocycles. The maximum absolute atomic E-state index is 14.4. The number of carbonyl (C=O) groups excluding carboxylic acids is 1. The molecule has 3 aromatic carbocycles. The number of rotatable bonds is 12. The number of likely N-dealkylation sites (tertiary alicyclic amines) is 1. The molecule has 2 aliphatic rings. The van der Waals surface area contributed by atoms with Crippen molar-refractivity contribution in [3.8, 4) is 5.75 Å². The Hall–Kier alpha value is -3.92. The zero-order valence-electron chi connectivity index (χ0n) is 25.8. The Balaban J connectivity index is 1.23. The number of piperidine rings is 1. The molecule has 8 nitrogen and oxygen atoms in total. The zero-order valence-corrected chi connectivity index (χ0v) is 26.6. The minimum absolute atomic E-state index is 0.260. The summed E-state index contributed by atoms with van der Waals surface area (Å²) in [7, 11) is -2.49. The molecule has 4 aromatic rings. The second kappa shape index (κ2) is 14.0. The summed E-state index contributed by atoms with van der Waals surface area (Å²) in [5, 5.41) is 1.11. The summed E-state index contributed by atoms with van der Waals surface area (Å²) in [6.07, 6.45) is 10.9. The van der Waals surface area contributed by atoms with Gasteiger partial charge < -0.3 is 14.5 Å². The van der Waals surface area contributed by atoms with Crippen LogP contribution in [0.15, 0.2) is 83.9 Å². The number of nitrogens with one attached hydrogen (secondary N) is 1. The molecule has 0 radical (unpaired) electrons. The minimum atomic E-state index is -3.84. The number of sulfonamides is 1. The van der Waals surface area contributed by atoms with E-state index in [1.165, 1.54) is 32.4 Å². The molecule has 1 unspecified atom stereocenters. The summed E-state index contributed by atoms with van der Waals surface area (Å²) >= 11 is 0. The van der Waals surface area contributed by atoms with Crippen molar-refractivity contribution in [2.24, 2.45) is 0 Å². The predicted octanol–water partition coefficient (Wildman–Crippen LogP) is 6.14. The number of carbonyl (C=O) groups is 1. The molecule has 1 N–H and O–H groups in total. The molecule has 0 amide bonds. The van der Waals surface area contributed by atoms with Crippen molar-refractivity contribution in [2.75, 3.05) is 39.9 Å². The van der Waals surface area contributed by atoms with Gasteiger partial charge in [0.25, 0.3) is 0 Å². The van der Waals surface area contributed by atoms with Gasteiger partial charge in [0.15, 0.2) is 0 Å². The number of benzene rings is 3. The maximum Gasteiger partial charge on any atom is 0.330 e. The lowest BCUT2D eigenvalue weighted by molar-refractivity contribution is -0.134. The van der Waals surface area contributed by atoms with E-state index in [0.29, 0.717) is 31.7 Å². The molecule has 1 fully saturated rings. The first-order valence-corrected chi connectivity index (χ1v) is 17.3. The summed E-state index contributed by atoms with van der Waals surface area (Å²) in [6, 6.07) is 20.6. The zero-order chi connectivity index (χ0) is 31.2. The number of aromatic nitrogens is 1. The van der Waals surface area contributed by atoms with Crippen molar-refractivity contribution in [3.05, 3.63) is 101 Å². The van der Waals surface area contributed by atoms with Crippen LogP contribution < -0.4 is 4.74 Å². The SMILES string of the molecule is COC(=O)C=Cc1ccc2c(c1)CCC2N(CCc1c[nH]c2ccccc12)S(=O)(=O)c1ccc(OCCN2CCCCC2)cc1. The molecule has 0 saturated carbocycles. The van der Waals surface area contributed by atoms with Crippen LogP contribution in [-0.4, -0.2) is 68.5 Å². The van der Waals surface area contributed by atoms with Crippen LogP contribution in [0.25, 0.3) is 17.0 Å². The van der Waals surface area contributed by atoms with E-state index in [0.717, 1.165) is 59.2 Å². The Morgan fingerprint density at radius 2 is 1.84 bits per heavy atom. The summed E-state index contributed by atoms with van der Waals surface area (Å²) in [6.45, 7) is 4.03. The van der Waals surface area contributed by atoms with Crippen molar-refractivity contribution >= 4 is 33.0 Å². The number of esters is 1. The summed E-state index contributed by atoms with van der Waals surface area (Å²) in [5.41, 5.74) is 5.10. The Morgan fingerprint density at radius 3 is 2.64 bits per heavy atom. The molecule has 6 rings (SSSR count). The number of aryl methyl sites for hydroxylation is 1. The van der Waals surface area contributed by atoms with Gasteiger partial charge in [-0.2, -0.15) is 4.31 Å². The van der Waals surface area contributed by atoms with Crippen molar-refractivity contribution < 1.29 is 22.7 Å². The topological polar surface area (TPSA) is 91.9 Å². The molecule has 9 heteroatoms. The van der Waals surface area contributed by atoms with Gasteiger partial charge in [0.05, 0.1) is 18.0 Å². The highest BCUT2D eigenvalue weighted by Gasteiger charge is 2.36. The average molecular weight is 628 g/mol. The second-order valence-electron chi connectivity index (χ2n) is 11.8. The van der Waals surface area contributed by atoms with Gasteiger partial charge in [-0.15, -0.1) is 0 Å². The van der Waals surface area contributed by atoms with Crippen LogP contribution in [0.2, 0.25) is 0 Å². The van der Waals surface area contributed by atoms with Crippen molar-refractivity contribution in [3.63, 3.8) is 0 Å². The molecule has 1 atom stereocenters. The largest absolute Gasteiger partial charge is 0.492 e. The number of hydrogen-bond acceptors (Lipinski definition) is 6. The number of aromatic amines is 1. The van der Waals surface area contributed by atoms with Gasteiger partial charge in [0.2, 0.25) is 10.0 Å². The first kappa shape index (κ1) is 31.1. The van der Waals surface area contributed by atoms with Crippen LogP contribution in [0.3, 0.4) is 0 Å². The highest BCUT2D eigenvalue weighted by Crippen LogP contribution is 2.40. The quantitative estimate of drug-likeness (QED) is 0.150. The molecule has 1 saturated heterocycles. The van der Waals surface area contributed by atoms with E-state index in [1.54, 1.807) is 34.6 Å². The number of ether oxygens (including phenoxy) is 2. The van der Waals surface area contributed by atoms with Crippen LogP contribution in [0.1, 0.15) is 54.0 Å². The Labute approximate surface area is 265 Å². The van der Waals surface area contributed by atoms with Crippen LogP contribution in [0.5, 0.6) is 5.75 Å². The average Bonchev–Trinajstić information content (AvgIpc) is 3.68. The van der Waals surface area contributed by atoms with Gasteiger partial charge in [-0.05, 0) is 104 Å². The highest BCUT2D eigenvalue weighted by molar-refractivity contribution is 7.89. The second-order valence-corrected chi connectivity index (χ2v) is 13.7. The molecule has 236 valence electrons. The number of fused-ring (bicyclic) bond motifs is 2. The smallest absolute Gasteiger partial charge is 0.330 e. The first-order chi connectivity index (χ1) is 21.9. The lowest BCUT2D eigenvalue weighted by Gasteiger charge is -2.29. The third-order valence-corrected chi connectivity index (χ3v) is 10.9. The summed E-state index contributed by atoms with van der Waals surface area (Å²) in [5.74, 6) is 0.261. The fraction of sp³-hybridized carbons (Fsp3) is 0.361. The van der Waals surface area contributed by atoms with E-state index in [2.05, 4.69) is 16.0 Å². The highest BCUT2D eigenvalue weighted by atomic mass is 32.2. The van der Waals surface area contributed by atoms with Gasteiger partial charge in [-0.3, -0.25) is 4.90 Å². The van der Waals surface area contributed by atoms with E-state index in [9.17, 15) is 13.2 Å². The predicted molar refractivity (Wildman–Crippen MR) is 177 cm³/mol. The Bertz CT molecular complexity index is 1760. The van der Waals surface area contributed by atoms with Crippen molar-refractivity contribution in [2.45, 2.75) is 49.5 Å². The van der Waals surface area contributed by atoms with Gasteiger partial charge in [-0.25, -0.2) is 13.2 Å². The van der Waals surface area contributed by atoms with Gasteiger partial charge in [0.1, 0.15) is 12.4 Å². The molecule has 2 heterocycles. The van der Waals surface area contributed by atoms with Gasteiger partial charge in [-0.1, -0.05) is 42.8 Å². The minimum Gasteiger partial charge on any atom is -0.492 e. The standard InChI is InChI=1S/C36H41N3O5S/c1-43-36(40)18-10-27-9-16-33-28(25-27)11-17-35(33)39(22-19-29-26-37-34-8-4-3-7-32(29)34)45(41,42)31-14-12-30(13-15-31)44-24-23-38-20-5-2-6-21-38/h3-4,7-10,12-16,18,25-26,35,37H,2,5-6,11,17,19-24H2,1H3. The third kappa shape index (κ3) is 7.16. The van der Waals surface area contributed by atoms with Gasteiger partial charge in [0, 0.05) is 36.3 Å². The molecular weight excluding hydrogens is 586 g/mol. The van der Waals surface area contributed by atoms with Crippen LogP contribution >= 0.6 is 0 Å². The lowest BCUT2D eigenvalue weighted by Crippen LogP contribution is -2.35. The molecule has 0 spiro atoms. The van der Waals surface area contributed by atoms with Crippen molar-refractivity contribution in [1.29, 1.82) is 0 Å².